The molecule has 0 radical (unpaired) electrons. The van der Waals surface area contributed by atoms with Gasteiger partial charge in [0.1, 0.15) is 11.7 Å². The van der Waals surface area contributed by atoms with Crippen LogP contribution in [0.5, 0.6) is 0 Å². The summed E-state index contributed by atoms with van der Waals surface area (Å²) >= 11 is 0. The molecular weight excluding hydrogens is 333 g/mol. The minimum absolute atomic E-state index is 0.224. The highest BCUT2D eigenvalue weighted by atomic mass is 19.1. The number of carbonyl (C=O) groups excluding carboxylic acids is 2. The van der Waals surface area contributed by atoms with Crippen molar-refractivity contribution in [3.63, 3.8) is 0 Å². The molecule has 1 N–H and O–H groups in total. The van der Waals surface area contributed by atoms with Crippen LogP contribution in [0, 0.1) is 11.7 Å². The third-order valence-electron chi connectivity index (χ3n) is 4.36. The van der Waals surface area contributed by atoms with E-state index in [9.17, 15) is 14.0 Å². The number of benzene rings is 2. The molecule has 0 bridgehead atoms. The Morgan fingerprint density at radius 3 is 2.65 bits per heavy atom. The fourth-order valence-electron chi connectivity index (χ4n) is 3.24. The maximum atomic E-state index is 13.4. The molecule has 0 amide bonds. The number of carbonyl (C=O) groups is 2. The summed E-state index contributed by atoms with van der Waals surface area (Å²) in [6.07, 6.45) is 1.88. The van der Waals surface area contributed by atoms with E-state index in [0.717, 1.165) is 5.56 Å². The molecule has 2 aromatic carbocycles. The summed E-state index contributed by atoms with van der Waals surface area (Å²) in [6, 6.07) is 15.5. The fraction of sp³-hybridized carbons (Fsp3) is 0.238. The molecular formula is C21H20FNO3. The summed E-state index contributed by atoms with van der Waals surface area (Å²) in [5, 5.41) is 3.09. The van der Waals surface area contributed by atoms with Gasteiger partial charge in [-0.05, 0) is 37.1 Å². The van der Waals surface area contributed by atoms with Crippen LogP contribution < -0.4 is 5.32 Å². The van der Waals surface area contributed by atoms with Gasteiger partial charge in [0, 0.05) is 23.4 Å². The Bertz CT molecular complexity index is 832. The second-order valence-corrected chi connectivity index (χ2v) is 6.16. The molecule has 5 heteroatoms. The monoisotopic (exact) mass is 353 g/mol. The van der Waals surface area contributed by atoms with Gasteiger partial charge in [-0.1, -0.05) is 36.4 Å². The number of hydrogen-bond donors (Lipinski definition) is 1. The maximum Gasteiger partial charge on any atom is 0.317 e. The van der Waals surface area contributed by atoms with E-state index >= 15 is 0 Å². The molecule has 0 spiro atoms. The minimum atomic E-state index is -0.865. The second-order valence-electron chi connectivity index (χ2n) is 6.16. The summed E-state index contributed by atoms with van der Waals surface area (Å²) in [4.78, 5) is 25.0. The first-order valence-electron chi connectivity index (χ1n) is 8.57. The van der Waals surface area contributed by atoms with Gasteiger partial charge in [-0.2, -0.15) is 0 Å². The largest absolute Gasteiger partial charge is 0.465 e. The van der Waals surface area contributed by atoms with Crippen LogP contribution in [-0.2, 0) is 14.3 Å². The number of ketones is 1. The predicted molar refractivity (Wildman–Crippen MR) is 97.0 cm³/mol. The highest BCUT2D eigenvalue weighted by Gasteiger charge is 2.39. The third kappa shape index (κ3) is 3.99. The predicted octanol–water partition coefficient (Wildman–Crippen LogP) is 4.06. The number of nitrogens with one attached hydrogen (secondary N) is 1. The lowest BCUT2D eigenvalue weighted by Crippen LogP contribution is -2.35. The van der Waals surface area contributed by atoms with Crippen LogP contribution in [0.25, 0.3) is 0 Å². The van der Waals surface area contributed by atoms with E-state index in [1.807, 2.05) is 30.3 Å². The lowest BCUT2D eigenvalue weighted by Gasteiger charge is -2.29. The Kier molecular flexibility index (Phi) is 5.46. The number of allylic oxidation sites excluding steroid dienone is 2. The quantitative estimate of drug-likeness (QED) is 0.651. The normalized spacial score (nSPS) is 19.6. The molecule has 3 rings (SSSR count). The summed E-state index contributed by atoms with van der Waals surface area (Å²) in [5.74, 6) is -2.36. The van der Waals surface area contributed by atoms with Gasteiger partial charge in [0.05, 0.1) is 6.61 Å². The summed E-state index contributed by atoms with van der Waals surface area (Å²) in [7, 11) is 0. The van der Waals surface area contributed by atoms with Crippen LogP contribution in [0.15, 0.2) is 66.4 Å². The van der Waals surface area contributed by atoms with Gasteiger partial charge < -0.3 is 10.1 Å². The molecule has 2 aromatic rings. The van der Waals surface area contributed by atoms with Crippen molar-refractivity contribution in [3.05, 3.63) is 77.8 Å². The van der Waals surface area contributed by atoms with Gasteiger partial charge in [-0.15, -0.1) is 0 Å². The molecule has 0 aliphatic heterocycles. The lowest BCUT2D eigenvalue weighted by atomic mass is 9.76. The Hall–Kier alpha value is -2.95. The van der Waals surface area contributed by atoms with Crippen molar-refractivity contribution in [2.75, 3.05) is 11.9 Å². The Morgan fingerprint density at radius 2 is 1.96 bits per heavy atom. The van der Waals surface area contributed by atoms with E-state index in [1.54, 1.807) is 19.1 Å². The first-order valence-corrected chi connectivity index (χ1v) is 8.57. The number of hydrogen-bond acceptors (Lipinski definition) is 4. The number of halogens is 1. The van der Waals surface area contributed by atoms with Crippen LogP contribution in [0.4, 0.5) is 10.1 Å². The van der Waals surface area contributed by atoms with Crippen LogP contribution in [0.3, 0.4) is 0 Å². The molecule has 0 fully saturated rings. The molecule has 1 aliphatic carbocycles. The first kappa shape index (κ1) is 17.9. The van der Waals surface area contributed by atoms with Gasteiger partial charge in [-0.25, -0.2) is 4.39 Å². The Morgan fingerprint density at radius 1 is 1.19 bits per heavy atom. The molecule has 0 saturated carbocycles. The van der Waals surface area contributed by atoms with Crippen LogP contribution in [0.2, 0.25) is 0 Å². The van der Waals surface area contributed by atoms with Crippen LogP contribution in [-0.4, -0.2) is 18.4 Å². The molecule has 134 valence electrons. The van der Waals surface area contributed by atoms with Crippen molar-refractivity contribution in [2.24, 2.45) is 5.92 Å². The fourth-order valence-corrected chi connectivity index (χ4v) is 3.24. The number of esters is 1. The topological polar surface area (TPSA) is 55.4 Å². The molecule has 1 aliphatic rings. The van der Waals surface area contributed by atoms with E-state index < -0.39 is 11.9 Å². The van der Waals surface area contributed by atoms with Crippen molar-refractivity contribution < 1.29 is 18.7 Å². The van der Waals surface area contributed by atoms with Gasteiger partial charge in [0.2, 0.25) is 0 Å². The van der Waals surface area contributed by atoms with Crippen molar-refractivity contribution in [1.29, 1.82) is 0 Å². The van der Waals surface area contributed by atoms with E-state index in [4.69, 9.17) is 4.74 Å². The van der Waals surface area contributed by atoms with Gasteiger partial charge in [0.25, 0.3) is 0 Å². The molecule has 0 heterocycles. The first-order chi connectivity index (χ1) is 12.6. The smallest absolute Gasteiger partial charge is 0.317 e. The zero-order valence-electron chi connectivity index (χ0n) is 14.4. The van der Waals surface area contributed by atoms with Crippen LogP contribution >= 0.6 is 0 Å². The standard InChI is InChI=1S/C21H20FNO3/c1-2-26-21(25)20-18(14-7-4-3-5-8-14)12-17(13-19(20)24)23-16-10-6-9-15(22)11-16/h3-11,13,18,20,23H,2,12H2,1H3. The molecule has 2 atom stereocenters. The van der Waals surface area contributed by atoms with Crippen LogP contribution in [0.1, 0.15) is 24.8 Å². The van der Waals surface area contributed by atoms with Crippen molar-refractivity contribution in [2.45, 2.75) is 19.3 Å². The minimum Gasteiger partial charge on any atom is -0.465 e. The maximum absolute atomic E-state index is 13.4. The summed E-state index contributed by atoms with van der Waals surface area (Å²) < 4.78 is 18.5. The summed E-state index contributed by atoms with van der Waals surface area (Å²) in [5.41, 5.74) is 2.10. The SMILES string of the molecule is CCOC(=O)C1C(=O)C=C(Nc2cccc(F)c2)CC1c1ccccc1. The number of anilines is 1. The highest BCUT2D eigenvalue weighted by Crippen LogP contribution is 2.37. The van der Waals surface area contributed by atoms with Crippen molar-refractivity contribution >= 4 is 17.4 Å². The van der Waals surface area contributed by atoms with Crippen molar-refractivity contribution in [1.82, 2.24) is 0 Å². The lowest BCUT2D eigenvalue weighted by molar-refractivity contribution is -0.151. The van der Waals surface area contributed by atoms with Crippen molar-refractivity contribution in [3.8, 4) is 0 Å². The zero-order valence-corrected chi connectivity index (χ0v) is 14.4. The zero-order chi connectivity index (χ0) is 18.5. The average Bonchev–Trinajstić information content (AvgIpc) is 2.62. The molecule has 0 saturated heterocycles. The number of rotatable bonds is 5. The highest BCUT2D eigenvalue weighted by molar-refractivity contribution is 6.07. The molecule has 2 unspecified atom stereocenters. The van der Waals surface area contributed by atoms with Gasteiger partial charge >= 0.3 is 5.97 Å². The van der Waals surface area contributed by atoms with Gasteiger partial charge in [-0.3, -0.25) is 9.59 Å². The van der Waals surface area contributed by atoms with E-state index in [1.165, 1.54) is 18.2 Å². The van der Waals surface area contributed by atoms with E-state index in [-0.39, 0.29) is 24.1 Å². The van der Waals surface area contributed by atoms with Gasteiger partial charge in [0.15, 0.2) is 5.78 Å². The average molecular weight is 353 g/mol. The Labute approximate surface area is 151 Å². The third-order valence-corrected chi connectivity index (χ3v) is 4.36. The molecule has 26 heavy (non-hydrogen) atoms. The van der Waals surface area contributed by atoms with E-state index in [2.05, 4.69) is 5.32 Å². The Balaban J connectivity index is 1.91. The molecule has 4 nitrogen and oxygen atoms in total. The van der Waals surface area contributed by atoms with E-state index in [0.29, 0.717) is 17.8 Å². The second kappa shape index (κ2) is 7.95. The molecule has 0 aromatic heterocycles. The number of ether oxygens (including phenoxy) is 1. The summed E-state index contributed by atoms with van der Waals surface area (Å²) in [6.45, 7) is 1.94.